The van der Waals surface area contributed by atoms with E-state index >= 15 is 38.4 Å². The first kappa shape index (κ1) is 57.0. The van der Waals surface area contributed by atoms with E-state index in [9.17, 15) is 0 Å². The largest absolute Gasteiger partial charge is 0.274 e. The van der Waals surface area contributed by atoms with Crippen LogP contribution in [0.15, 0.2) is 121 Å². The van der Waals surface area contributed by atoms with Gasteiger partial charge in [0, 0.05) is 113 Å². The molecule has 17 bridgehead atoms. The molecular weight excluding hydrogens is 1140 g/mol. The van der Waals surface area contributed by atoms with Crippen molar-refractivity contribution in [3.63, 3.8) is 0 Å². The van der Waals surface area contributed by atoms with Crippen molar-refractivity contribution in [3.05, 3.63) is 214 Å². The zero-order chi connectivity index (χ0) is 63.4. The van der Waals surface area contributed by atoms with Crippen molar-refractivity contribution in [1.82, 2.24) is 19.6 Å². The van der Waals surface area contributed by atoms with Crippen LogP contribution >= 0.6 is 0 Å². The van der Waals surface area contributed by atoms with E-state index < -0.39 is 47.3 Å². The topological polar surface area (TPSA) is 150 Å². The molecule has 92 heavy (non-hydrogen) atoms. The summed E-state index contributed by atoms with van der Waals surface area (Å²) >= 11 is 0. The number of rotatable bonds is 12. The van der Waals surface area contributed by atoms with Crippen LogP contribution in [0.25, 0.3) is 108 Å². The van der Waals surface area contributed by atoms with Crippen LogP contribution < -0.4 is 0 Å². The molecule has 4 heterocycles. The van der Waals surface area contributed by atoms with E-state index in [1.807, 2.05) is 125 Å². The molecule has 0 atom stereocenters. The van der Waals surface area contributed by atoms with E-state index in [1.54, 1.807) is 24.3 Å². The van der Waals surface area contributed by atoms with Crippen LogP contribution in [0.2, 0.25) is 0 Å². The van der Waals surface area contributed by atoms with Gasteiger partial charge in [-0.2, -0.15) is 0 Å². The Labute approximate surface area is 529 Å². The summed E-state index contributed by atoms with van der Waals surface area (Å²) in [5, 5.41) is 10.3. The molecule has 0 spiro atoms. The zero-order valence-corrected chi connectivity index (χ0v) is 51.1. The standard InChI is InChI=1S/C80H56N4O8/c1-5-9-33-81-73(85)61-39-54-30-26-46-18-14-22-50-38-52-24-16-20-48(60(52)44-58(46)50)28-32-56-42-64-71-67(79(91)83(76(64)88)35-11-7-3)55(41-63-72(71)68(56)80(92)84(75(63)87)36-12-8-4)31-27-47-19-15-23-51-37-49-21-13-17-45(57(49)43-59(47)51)25-29-53-40-62-70(69(61)65(53)77(81)89)66(54)78(90)82(74(62)86)34-10-6-2/h13-24,37-44H,5-12,33-36H2,1-4H3. The zero-order valence-electron chi connectivity index (χ0n) is 51.1. The van der Waals surface area contributed by atoms with Crippen molar-refractivity contribution in [2.24, 2.45) is 0 Å². The average molecular weight is 1200 g/mol. The minimum atomic E-state index is -0.574. The van der Waals surface area contributed by atoms with Crippen LogP contribution in [-0.2, 0) is 0 Å². The SMILES string of the molecule is CCCCN1C(=O)c2cc3c#cc4cccc5cc6cccc(c#cc7cc8c9c(c(c#cc%10cccc%11cc%12cccc(c#cc%13cc%14c(c3C(=O)N(CCCC)C%14=O)c2c%13C1=O)c%12cc%10%11)cc1c9c7C(=O)N(CCCC)C1=O)C(=O)N(CCCC)C8=O)c6cc45. The molecule has 0 aromatic heterocycles. The van der Waals surface area contributed by atoms with Gasteiger partial charge in [0.05, 0.1) is 22.3 Å². The first-order valence-corrected chi connectivity index (χ1v) is 31.6. The second-order valence-corrected chi connectivity index (χ2v) is 24.2. The molecule has 0 saturated carbocycles. The Balaban J connectivity index is 1.11. The predicted molar refractivity (Wildman–Crippen MR) is 357 cm³/mol. The molecule has 0 aliphatic carbocycles. The van der Waals surface area contributed by atoms with Crippen molar-refractivity contribution < 1.29 is 38.4 Å². The van der Waals surface area contributed by atoms with Gasteiger partial charge in [-0.15, -0.1) is 0 Å². The Morgan fingerprint density at radius 2 is 0.478 bits per heavy atom. The second-order valence-electron chi connectivity index (χ2n) is 24.2. The van der Waals surface area contributed by atoms with Crippen molar-refractivity contribution in [2.45, 2.75) is 79.1 Å². The number of benzene rings is 10. The number of carbonyl (C=O) groups is 8. The lowest BCUT2D eigenvalue weighted by Crippen LogP contribution is -2.44. The highest BCUT2D eigenvalue weighted by atomic mass is 16.2. The van der Waals surface area contributed by atoms with Gasteiger partial charge in [-0.25, -0.2) is 0 Å². The summed E-state index contributed by atoms with van der Waals surface area (Å²) in [5.41, 5.74) is 1.04. The Kier molecular flexibility index (Phi) is 13.8. The summed E-state index contributed by atoms with van der Waals surface area (Å²) in [7, 11) is 0. The molecule has 8 amide bonds. The summed E-state index contributed by atoms with van der Waals surface area (Å²) in [5.74, 6) is -4.53. The molecule has 12 nitrogen and oxygen atoms in total. The van der Waals surface area contributed by atoms with E-state index in [1.165, 1.54) is 19.6 Å². The molecule has 0 saturated heterocycles. The van der Waals surface area contributed by atoms with Crippen molar-refractivity contribution in [3.8, 4) is 0 Å². The Morgan fingerprint density at radius 3 is 0.696 bits per heavy atom. The number of hydrogen-bond acceptors (Lipinski definition) is 8. The third kappa shape index (κ3) is 8.74. The van der Waals surface area contributed by atoms with Gasteiger partial charge in [-0.1, -0.05) is 150 Å². The van der Waals surface area contributed by atoms with Gasteiger partial charge in [0.15, 0.2) is 0 Å². The summed E-state index contributed by atoms with van der Waals surface area (Å²) < 4.78 is 0. The second kappa shape index (κ2) is 22.2. The Bertz CT molecular complexity index is 4790. The molecule has 4 aliphatic rings. The van der Waals surface area contributed by atoms with E-state index in [0.717, 1.165) is 43.1 Å². The van der Waals surface area contributed by atoms with Gasteiger partial charge in [0.25, 0.3) is 47.3 Å². The van der Waals surface area contributed by atoms with Gasteiger partial charge in [0.1, 0.15) is 0 Å². The summed E-state index contributed by atoms with van der Waals surface area (Å²) in [6, 6.07) is 64.2. The third-order valence-corrected chi connectivity index (χ3v) is 18.6. The Morgan fingerprint density at radius 1 is 0.261 bits per heavy atom. The molecule has 4 aliphatic heterocycles. The lowest BCUT2D eigenvalue weighted by atomic mass is 9.83. The Hall–Kier alpha value is -11.4. The van der Waals surface area contributed by atoms with Crippen molar-refractivity contribution >= 4 is 155 Å². The minimum absolute atomic E-state index is 0.122. The number of imide groups is 4. The molecule has 444 valence electrons. The highest BCUT2D eigenvalue weighted by Gasteiger charge is 2.43. The van der Waals surface area contributed by atoms with E-state index in [0.29, 0.717) is 72.9 Å². The van der Waals surface area contributed by atoms with Gasteiger partial charge >= 0.3 is 0 Å². The predicted octanol–water partition coefficient (Wildman–Crippen LogP) is 16.0. The summed E-state index contributed by atoms with van der Waals surface area (Å²) in [6.07, 6.45) is 4.91. The third-order valence-electron chi connectivity index (χ3n) is 18.6. The molecule has 0 N–H and O–H groups in total. The quantitative estimate of drug-likeness (QED) is 0.0867. The fraction of sp³-hybridized carbons (Fsp3) is 0.200. The van der Waals surface area contributed by atoms with Gasteiger partial charge < -0.3 is 0 Å². The summed E-state index contributed by atoms with van der Waals surface area (Å²) in [4.78, 5) is 126. The fourth-order valence-electron chi connectivity index (χ4n) is 13.9. The monoisotopic (exact) mass is 1200 g/mol. The maximum Gasteiger partial charge on any atom is 0.262 e. The maximum atomic E-state index is 15.2. The van der Waals surface area contributed by atoms with Gasteiger partial charge in [-0.3, -0.25) is 58.0 Å². The van der Waals surface area contributed by atoms with Gasteiger partial charge in [-0.05, 0) is 142 Å². The van der Waals surface area contributed by atoms with E-state index in [2.05, 4.69) is 48.5 Å². The van der Waals surface area contributed by atoms with Crippen LogP contribution in [0.1, 0.15) is 162 Å². The van der Waals surface area contributed by atoms with Crippen molar-refractivity contribution in [2.75, 3.05) is 26.2 Å². The number of amides is 8. The van der Waals surface area contributed by atoms with Crippen LogP contribution in [0, 0.1) is 48.5 Å². The number of nitrogens with zero attached hydrogens (tertiary/aromatic N) is 4. The molecule has 12 aromatic carbocycles. The normalized spacial score (nSPS) is 14.1. The first-order valence-electron chi connectivity index (χ1n) is 31.6. The van der Waals surface area contributed by atoms with E-state index in [4.69, 9.17) is 0 Å². The maximum absolute atomic E-state index is 15.2. The van der Waals surface area contributed by atoms with Crippen molar-refractivity contribution in [1.29, 1.82) is 0 Å². The fourth-order valence-corrected chi connectivity index (χ4v) is 13.9. The molecule has 12 aromatic rings. The average Bonchev–Trinajstić information content (AvgIpc) is 0.708. The van der Waals surface area contributed by atoms with Crippen LogP contribution in [-0.4, -0.2) is 93.0 Å². The molecule has 16 rings (SSSR count). The molecule has 12 heteroatoms. The summed E-state index contributed by atoms with van der Waals surface area (Å²) in [6.45, 7) is 8.41. The molecule has 0 unspecified atom stereocenters. The van der Waals surface area contributed by atoms with E-state index in [-0.39, 0.29) is 114 Å². The molecular formula is C80H56N4O8. The lowest BCUT2D eigenvalue weighted by molar-refractivity contribution is 0.0589. The van der Waals surface area contributed by atoms with Crippen LogP contribution in [0.3, 0.4) is 0 Å². The smallest absolute Gasteiger partial charge is 0.262 e. The molecule has 0 radical (unpaired) electrons. The molecule has 0 fully saturated rings. The highest BCUT2D eigenvalue weighted by Crippen LogP contribution is 2.44. The number of unbranched alkanes of at least 4 members (excludes halogenated alkanes) is 4. The minimum Gasteiger partial charge on any atom is -0.274 e. The number of hydrogen-bond donors (Lipinski definition) is 0. The highest BCUT2D eigenvalue weighted by molar-refractivity contribution is 6.39. The van der Waals surface area contributed by atoms with Crippen LogP contribution in [0.5, 0.6) is 0 Å². The lowest BCUT2D eigenvalue weighted by Gasteiger charge is -2.32. The van der Waals surface area contributed by atoms with Crippen LogP contribution in [0.4, 0.5) is 0 Å². The number of carbonyl (C=O) groups excluding carboxylic acids is 8. The van der Waals surface area contributed by atoms with Gasteiger partial charge in [0.2, 0.25) is 0 Å². The first-order chi connectivity index (χ1) is 44.8.